The Bertz CT molecular complexity index is 1150. The van der Waals surface area contributed by atoms with E-state index < -0.39 is 24.8 Å². The number of nitrogens with zero attached hydrogens (tertiary/aromatic N) is 1. The second-order valence-corrected chi connectivity index (χ2v) is 8.22. The molecule has 0 unspecified atom stereocenters. The second kappa shape index (κ2) is 11.0. The first kappa shape index (κ1) is 23.6. The van der Waals surface area contributed by atoms with Crippen molar-refractivity contribution in [3.05, 3.63) is 100 Å². The molecule has 3 aromatic carbocycles. The molecule has 8 heteroatoms. The predicted octanol–water partition coefficient (Wildman–Crippen LogP) is 5.06. The number of aliphatic carboxylic acids is 1. The summed E-state index contributed by atoms with van der Waals surface area (Å²) in [7, 11) is 0. The van der Waals surface area contributed by atoms with Gasteiger partial charge in [-0.25, -0.2) is 9.59 Å². The monoisotopic (exact) mass is 481 g/mol. The van der Waals surface area contributed by atoms with Crippen LogP contribution < -0.4 is 4.74 Å². The first-order valence-electron chi connectivity index (χ1n) is 10.9. The van der Waals surface area contributed by atoms with Crippen molar-refractivity contribution in [2.45, 2.75) is 18.9 Å². The molecule has 1 aliphatic heterocycles. The molecule has 1 aliphatic rings. The summed E-state index contributed by atoms with van der Waals surface area (Å²) in [4.78, 5) is 29.3. The Balaban J connectivity index is 1.56. The molecule has 0 saturated heterocycles. The van der Waals surface area contributed by atoms with E-state index in [0.29, 0.717) is 35.7 Å². The van der Waals surface area contributed by atoms with Crippen LogP contribution in [0.15, 0.2) is 72.8 Å². The van der Waals surface area contributed by atoms with Crippen LogP contribution in [0.1, 0.15) is 28.3 Å². The van der Waals surface area contributed by atoms with Gasteiger partial charge in [0.1, 0.15) is 5.75 Å². The molecule has 1 atom stereocenters. The van der Waals surface area contributed by atoms with Crippen molar-refractivity contribution in [1.29, 1.82) is 0 Å². The Kier molecular flexibility index (Phi) is 7.67. The van der Waals surface area contributed by atoms with Crippen LogP contribution in [0.25, 0.3) is 0 Å². The Morgan fingerprint density at radius 2 is 1.76 bits per heavy atom. The molecule has 1 heterocycles. The summed E-state index contributed by atoms with van der Waals surface area (Å²) >= 11 is 6.28. The van der Waals surface area contributed by atoms with Crippen LogP contribution in [0.5, 0.6) is 5.75 Å². The van der Waals surface area contributed by atoms with E-state index in [1.165, 1.54) is 5.06 Å². The van der Waals surface area contributed by atoms with E-state index in [1.807, 2.05) is 54.6 Å². The van der Waals surface area contributed by atoms with Crippen LogP contribution in [0.4, 0.5) is 4.79 Å². The zero-order valence-electron chi connectivity index (χ0n) is 18.4. The third-order valence-electron chi connectivity index (χ3n) is 5.50. The number of hydroxylamine groups is 2. The lowest BCUT2D eigenvalue weighted by Gasteiger charge is -2.36. The summed E-state index contributed by atoms with van der Waals surface area (Å²) in [5.41, 5.74) is 3.65. The lowest BCUT2D eigenvalue weighted by atomic mass is 9.89. The van der Waals surface area contributed by atoms with Gasteiger partial charge < -0.3 is 19.4 Å². The molecule has 7 nitrogen and oxygen atoms in total. The van der Waals surface area contributed by atoms with Gasteiger partial charge in [0.05, 0.1) is 12.6 Å². The van der Waals surface area contributed by atoms with Gasteiger partial charge in [-0.05, 0) is 41.3 Å². The van der Waals surface area contributed by atoms with Gasteiger partial charge in [-0.1, -0.05) is 66.2 Å². The summed E-state index contributed by atoms with van der Waals surface area (Å²) in [6.07, 6.45) is 0.426. The Morgan fingerprint density at radius 1 is 1.00 bits per heavy atom. The number of carboxylic acid groups (broad SMARTS) is 1. The number of carbonyl (C=O) groups is 2. The van der Waals surface area contributed by atoms with Crippen molar-refractivity contribution < 1.29 is 29.0 Å². The number of carbonyl (C=O) groups excluding carboxylic acids is 1. The fourth-order valence-corrected chi connectivity index (χ4v) is 4.17. The summed E-state index contributed by atoms with van der Waals surface area (Å²) in [6.45, 7) is 0.0911. The van der Waals surface area contributed by atoms with Gasteiger partial charge in [0.2, 0.25) is 0 Å². The maximum atomic E-state index is 12.5. The molecule has 4 rings (SSSR count). The Hall–Kier alpha value is -3.55. The van der Waals surface area contributed by atoms with E-state index >= 15 is 0 Å². The molecule has 0 radical (unpaired) electrons. The zero-order valence-corrected chi connectivity index (χ0v) is 19.1. The molecule has 3 aromatic rings. The van der Waals surface area contributed by atoms with Crippen LogP contribution in [0.3, 0.4) is 0 Å². The van der Waals surface area contributed by atoms with E-state index in [9.17, 15) is 9.59 Å². The molecule has 0 bridgehead atoms. The quantitative estimate of drug-likeness (QED) is 0.450. The molecule has 0 saturated carbocycles. The van der Waals surface area contributed by atoms with E-state index in [1.54, 1.807) is 18.2 Å². The number of ether oxygens (including phenoxy) is 2. The average molecular weight is 482 g/mol. The lowest BCUT2D eigenvalue weighted by molar-refractivity contribution is -0.151. The van der Waals surface area contributed by atoms with Gasteiger partial charge in [0.25, 0.3) is 0 Å². The van der Waals surface area contributed by atoms with Crippen molar-refractivity contribution in [3.63, 3.8) is 0 Å². The zero-order chi connectivity index (χ0) is 23.9. The molecule has 0 fully saturated rings. The van der Waals surface area contributed by atoms with Crippen LogP contribution in [0.2, 0.25) is 5.02 Å². The largest absolute Gasteiger partial charge is 0.527 e. The van der Waals surface area contributed by atoms with Crippen molar-refractivity contribution in [2.75, 3.05) is 19.8 Å². The highest BCUT2D eigenvalue weighted by molar-refractivity contribution is 6.30. The highest BCUT2D eigenvalue weighted by Gasteiger charge is 2.34. The average Bonchev–Trinajstić information content (AvgIpc) is 2.83. The number of hydrogen-bond donors (Lipinski definition) is 1. The second-order valence-electron chi connectivity index (χ2n) is 7.78. The lowest BCUT2D eigenvalue weighted by Crippen LogP contribution is -2.38. The summed E-state index contributed by atoms with van der Waals surface area (Å²) in [6, 6.07) is 21.9. The number of rotatable bonds is 8. The molecule has 0 spiro atoms. The van der Waals surface area contributed by atoms with Gasteiger partial charge in [-0.3, -0.25) is 0 Å². The normalized spacial score (nSPS) is 15.3. The van der Waals surface area contributed by atoms with Crippen LogP contribution in [-0.2, 0) is 27.2 Å². The van der Waals surface area contributed by atoms with Gasteiger partial charge in [0, 0.05) is 23.6 Å². The van der Waals surface area contributed by atoms with Crippen molar-refractivity contribution in [2.24, 2.45) is 0 Å². The SMILES string of the molecule is O=C(O)COc1ccc(Cl)cc1[C@@H]1c2ccccc2CCN1OC(=O)OCCc1ccccc1. The number of benzene rings is 3. The smallest absolute Gasteiger partial charge is 0.482 e. The number of carboxylic acids is 1. The highest BCUT2D eigenvalue weighted by atomic mass is 35.5. The minimum atomic E-state index is -1.10. The number of fused-ring (bicyclic) bond motifs is 1. The van der Waals surface area contributed by atoms with Crippen molar-refractivity contribution >= 4 is 23.7 Å². The molecule has 0 amide bonds. The van der Waals surface area contributed by atoms with E-state index in [4.69, 9.17) is 31.0 Å². The van der Waals surface area contributed by atoms with Crippen LogP contribution in [0, 0.1) is 0 Å². The summed E-state index contributed by atoms with van der Waals surface area (Å²) in [5, 5.41) is 11.1. The minimum Gasteiger partial charge on any atom is -0.482 e. The summed E-state index contributed by atoms with van der Waals surface area (Å²) in [5.74, 6) is -0.750. The van der Waals surface area contributed by atoms with E-state index in [2.05, 4.69) is 0 Å². The standard InChI is InChI=1S/C26H24ClNO6/c27-20-10-11-23(33-17-24(29)30)22(16-20)25-21-9-5-4-8-19(21)12-14-28(25)34-26(31)32-15-13-18-6-2-1-3-7-18/h1-11,16,25H,12-15,17H2,(H,29,30)/t25-/m0/s1. The molecule has 0 aromatic heterocycles. The van der Waals surface area contributed by atoms with Crippen molar-refractivity contribution in [1.82, 2.24) is 5.06 Å². The molecule has 1 N–H and O–H groups in total. The van der Waals surface area contributed by atoms with Gasteiger partial charge in [-0.15, -0.1) is 5.06 Å². The third-order valence-corrected chi connectivity index (χ3v) is 5.74. The molecule has 0 aliphatic carbocycles. The highest BCUT2D eigenvalue weighted by Crippen LogP contribution is 2.40. The fraction of sp³-hybridized carbons (Fsp3) is 0.231. The fourth-order valence-electron chi connectivity index (χ4n) is 3.99. The number of hydrogen-bond acceptors (Lipinski definition) is 6. The Labute approximate surface area is 202 Å². The predicted molar refractivity (Wildman–Crippen MR) is 126 cm³/mol. The summed E-state index contributed by atoms with van der Waals surface area (Å²) < 4.78 is 10.8. The Morgan fingerprint density at radius 3 is 2.56 bits per heavy atom. The number of halogens is 1. The topological polar surface area (TPSA) is 85.3 Å². The van der Waals surface area contributed by atoms with E-state index in [0.717, 1.165) is 16.7 Å². The van der Waals surface area contributed by atoms with Gasteiger partial charge >= 0.3 is 12.1 Å². The first-order chi connectivity index (χ1) is 16.5. The van der Waals surface area contributed by atoms with Crippen LogP contribution >= 0.6 is 11.6 Å². The maximum Gasteiger partial charge on any atom is 0.527 e. The third kappa shape index (κ3) is 5.87. The molecular formula is C26H24ClNO6. The minimum absolute atomic E-state index is 0.183. The first-order valence-corrected chi connectivity index (χ1v) is 11.3. The van der Waals surface area contributed by atoms with Gasteiger partial charge in [0.15, 0.2) is 6.61 Å². The van der Waals surface area contributed by atoms with Crippen molar-refractivity contribution in [3.8, 4) is 5.75 Å². The van der Waals surface area contributed by atoms with E-state index in [-0.39, 0.29) is 6.61 Å². The van der Waals surface area contributed by atoms with Crippen LogP contribution in [-0.4, -0.2) is 42.1 Å². The molecular weight excluding hydrogens is 458 g/mol. The maximum absolute atomic E-state index is 12.5. The molecule has 34 heavy (non-hydrogen) atoms. The van der Waals surface area contributed by atoms with Gasteiger partial charge in [-0.2, -0.15) is 0 Å². The molecule has 176 valence electrons.